The van der Waals surface area contributed by atoms with E-state index >= 15 is 0 Å². The third-order valence-corrected chi connectivity index (χ3v) is 2.28. The van der Waals surface area contributed by atoms with Crippen molar-refractivity contribution in [2.45, 2.75) is 20.0 Å². The lowest BCUT2D eigenvalue weighted by Crippen LogP contribution is -2.34. The van der Waals surface area contributed by atoms with E-state index in [-0.39, 0.29) is 21.9 Å². The summed E-state index contributed by atoms with van der Waals surface area (Å²) >= 11 is 10.6. The first-order chi connectivity index (χ1) is 7.93. The summed E-state index contributed by atoms with van der Waals surface area (Å²) in [5.74, 6) is 4.93. The summed E-state index contributed by atoms with van der Waals surface area (Å²) in [6.07, 6.45) is -0.0644. The highest BCUT2D eigenvalue weighted by Gasteiger charge is 2.11. The number of hydrogen-bond acceptors (Lipinski definition) is 3. The number of nitrogens with two attached hydrogens (primary N) is 1. The van der Waals surface area contributed by atoms with Crippen molar-refractivity contribution >= 4 is 34.6 Å². The molecule has 0 amide bonds. The molecule has 0 aliphatic carbocycles. The molecule has 0 aliphatic rings. The maximum atomic E-state index is 13.5. The van der Waals surface area contributed by atoms with E-state index in [0.717, 1.165) is 6.07 Å². The first-order valence-electron chi connectivity index (χ1n) is 4.87. The lowest BCUT2D eigenvalue weighted by atomic mass is 10.3. The SMILES string of the molecule is CC(C)Oc1cc(NC(=S)NN)c(F)cc1Cl. The minimum atomic E-state index is -0.538. The Morgan fingerprint density at radius 3 is 2.71 bits per heavy atom. The van der Waals surface area contributed by atoms with Crippen molar-refractivity contribution in [1.29, 1.82) is 0 Å². The summed E-state index contributed by atoms with van der Waals surface area (Å²) < 4.78 is 19.0. The number of anilines is 1. The Balaban J connectivity index is 3.01. The van der Waals surface area contributed by atoms with Gasteiger partial charge in [-0.25, -0.2) is 10.2 Å². The molecule has 1 rings (SSSR count). The molecule has 4 nitrogen and oxygen atoms in total. The van der Waals surface area contributed by atoms with E-state index in [1.165, 1.54) is 6.07 Å². The van der Waals surface area contributed by atoms with E-state index in [4.69, 9.17) is 34.4 Å². The Bertz CT molecular complexity index is 428. The van der Waals surface area contributed by atoms with Crippen molar-refractivity contribution in [3.63, 3.8) is 0 Å². The van der Waals surface area contributed by atoms with Crippen LogP contribution in [0.15, 0.2) is 12.1 Å². The van der Waals surface area contributed by atoms with Gasteiger partial charge in [-0.05, 0) is 32.1 Å². The standard InChI is InChI=1S/C10H13ClFN3OS/c1-5(2)16-9-4-8(14-10(17)15-13)7(12)3-6(9)11/h3-5H,13H2,1-2H3,(H2,14,15,17). The first kappa shape index (κ1) is 14.0. The molecule has 0 saturated heterocycles. The largest absolute Gasteiger partial charge is 0.489 e. The van der Waals surface area contributed by atoms with Crippen LogP contribution in [-0.4, -0.2) is 11.2 Å². The summed E-state index contributed by atoms with van der Waals surface area (Å²) in [6, 6.07) is 2.59. The number of thiocarbonyl (C=S) groups is 1. The first-order valence-corrected chi connectivity index (χ1v) is 5.66. The van der Waals surface area contributed by atoms with Crippen molar-refractivity contribution in [2.24, 2.45) is 5.84 Å². The van der Waals surface area contributed by atoms with Crippen LogP contribution >= 0.6 is 23.8 Å². The van der Waals surface area contributed by atoms with Crippen molar-refractivity contribution in [3.05, 3.63) is 23.0 Å². The normalized spacial score (nSPS) is 10.2. The van der Waals surface area contributed by atoms with Crippen LogP contribution in [0.2, 0.25) is 5.02 Å². The van der Waals surface area contributed by atoms with Crippen LogP contribution in [0, 0.1) is 5.82 Å². The van der Waals surface area contributed by atoms with Gasteiger partial charge in [-0.3, -0.25) is 0 Å². The van der Waals surface area contributed by atoms with Gasteiger partial charge < -0.3 is 15.5 Å². The topological polar surface area (TPSA) is 59.3 Å². The van der Waals surface area contributed by atoms with Gasteiger partial charge >= 0.3 is 0 Å². The molecule has 0 atom stereocenters. The quantitative estimate of drug-likeness (QED) is 0.450. The van der Waals surface area contributed by atoms with E-state index in [9.17, 15) is 4.39 Å². The molecule has 0 unspecified atom stereocenters. The van der Waals surface area contributed by atoms with Crippen molar-refractivity contribution < 1.29 is 9.13 Å². The van der Waals surface area contributed by atoms with E-state index in [2.05, 4.69) is 10.7 Å². The molecule has 0 aromatic heterocycles. The fourth-order valence-electron chi connectivity index (χ4n) is 1.13. The van der Waals surface area contributed by atoms with Gasteiger partial charge in [0.25, 0.3) is 0 Å². The molecule has 0 heterocycles. The molecule has 0 fully saturated rings. The number of ether oxygens (including phenoxy) is 1. The Hall–Kier alpha value is -1.11. The molecule has 0 spiro atoms. The predicted octanol–water partition coefficient (Wildman–Crippen LogP) is 2.43. The lowest BCUT2D eigenvalue weighted by molar-refractivity contribution is 0.242. The average Bonchev–Trinajstić information content (AvgIpc) is 2.24. The molecule has 4 N–H and O–H groups in total. The summed E-state index contributed by atoms with van der Waals surface area (Å²) in [6.45, 7) is 3.69. The number of hydrogen-bond donors (Lipinski definition) is 3. The Morgan fingerprint density at radius 2 is 2.18 bits per heavy atom. The van der Waals surface area contributed by atoms with Crippen molar-refractivity contribution in [3.8, 4) is 5.75 Å². The van der Waals surface area contributed by atoms with Gasteiger partial charge in [0.1, 0.15) is 11.6 Å². The highest BCUT2D eigenvalue weighted by molar-refractivity contribution is 7.80. The van der Waals surface area contributed by atoms with Gasteiger partial charge in [-0.15, -0.1) is 0 Å². The predicted molar refractivity (Wildman–Crippen MR) is 70.7 cm³/mol. The zero-order valence-corrected chi connectivity index (χ0v) is 11.0. The molecule has 0 aliphatic heterocycles. The van der Waals surface area contributed by atoms with E-state index in [1.807, 2.05) is 13.8 Å². The minimum absolute atomic E-state index is 0.0644. The average molecular weight is 278 g/mol. The smallest absolute Gasteiger partial charge is 0.185 e. The molecule has 94 valence electrons. The zero-order chi connectivity index (χ0) is 13.0. The van der Waals surface area contributed by atoms with Crippen LogP contribution < -0.4 is 21.3 Å². The Morgan fingerprint density at radius 1 is 1.53 bits per heavy atom. The van der Waals surface area contributed by atoms with Gasteiger partial charge in [0, 0.05) is 6.07 Å². The van der Waals surface area contributed by atoms with Crippen molar-refractivity contribution in [2.75, 3.05) is 5.32 Å². The molecular formula is C10H13ClFN3OS. The molecule has 17 heavy (non-hydrogen) atoms. The van der Waals surface area contributed by atoms with E-state index < -0.39 is 5.82 Å². The molecule has 0 radical (unpaired) electrons. The second-order valence-corrected chi connectivity index (χ2v) is 4.34. The number of rotatable bonds is 3. The van der Waals surface area contributed by atoms with Crippen LogP contribution in [0.5, 0.6) is 5.75 Å². The molecule has 1 aromatic carbocycles. The molecule has 7 heteroatoms. The van der Waals surface area contributed by atoms with Gasteiger partial charge in [0.05, 0.1) is 16.8 Å². The fraction of sp³-hybridized carbons (Fsp3) is 0.300. The van der Waals surface area contributed by atoms with Crippen LogP contribution in [0.25, 0.3) is 0 Å². The lowest BCUT2D eigenvalue weighted by Gasteiger charge is -2.14. The fourth-order valence-corrected chi connectivity index (χ4v) is 1.43. The monoisotopic (exact) mass is 277 g/mol. The minimum Gasteiger partial charge on any atom is -0.489 e. The van der Waals surface area contributed by atoms with Gasteiger partial charge in [0.15, 0.2) is 5.11 Å². The second kappa shape index (κ2) is 6.00. The third kappa shape index (κ3) is 3.99. The molecular weight excluding hydrogens is 265 g/mol. The molecule has 0 saturated carbocycles. The van der Waals surface area contributed by atoms with Gasteiger partial charge in [-0.1, -0.05) is 11.6 Å². The number of halogens is 2. The Labute approximate surface area is 109 Å². The summed E-state index contributed by atoms with van der Waals surface area (Å²) in [5, 5.41) is 2.88. The summed E-state index contributed by atoms with van der Waals surface area (Å²) in [7, 11) is 0. The maximum Gasteiger partial charge on any atom is 0.185 e. The van der Waals surface area contributed by atoms with Crippen molar-refractivity contribution in [1.82, 2.24) is 5.43 Å². The highest BCUT2D eigenvalue weighted by atomic mass is 35.5. The maximum absolute atomic E-state index is 13.5. The zero-order valence-electron chi connectivity index (χ0n) is 9.38. The van der Waals surface area contributed by atoms with Crippen LogP contribution in [0.3, 0.4) is 0 Å². The van der Waals surface area contributed by atoms with Gasteiger partial charge in [0.2, 0.25) is 0 Å². The van der Waals surface area contributed by atoms with E-state index in [0.29, 0.717) is 5.75 Å². The van der Waals surface area contributed by atoms with Crippen LogP contribution in [0.1, 0.15) is 13.8 Å². The molecule has 0 bridgehead atoms. The Kier molecular flexibility index (Phi) is 4.92. The number of benzene rings is 1. The summed E-state index contributed by atoms with van der Waals surface area (Å²) in [5.41, 5.74) is 2.34. The second-order valence-electron chi connectivity index (χ2n) is 3.53. The number of hydrazine groups is 1. The summed E-state index contributed by atoms with van der Waals surface area (Å²) in [4.78, 5) is 0. The van der Waals surface area contributed by atoms with Gasteiger partial charge in [-0.2, -0.15) is 0 Å². The highest BCUT2D eigenvalue weighted by Crippen LogP contribution is 2.31. The third-order valence-electron chi connectivity index (χ3n) is 1.76. The van der Waals surface area contributed by atoms with Crippen LogP contribution in [0.4, 0.5) is 10.1 Å². The van der Waals surface area contributed by atoms with Crippen LogP contribution in [-0.2, 0) is 0 Å². The van der Waals surface area contributed by atoms with E-state index in [1.54, 1.807) is 0 Å². The molecule has 1 aromatic rings. The number of nitrogens with one attached hydrogen (secondary N) is 2.